The lowest BCUT2D eigenvalue weighted by molar-refractivity contribution is 0.0929. The topological polar surface area (TPSA) is 75.3 Å². The molecule has 0 aromatic heterocycles. The fourth-order valence-corrected chi connectivity index (χ4v) is 2.64. The molecular weight excluding hydrogens is 247 g/mol. The minimum Gasteiger partial charge on any atom is -0.507 e. The normalized spacial score (nSPS) is 17.4. The molecule has 4 N–H and O–H groups in total. The fraction of sp³-hybridized carbons (Fsp3) is 0.500. The Morgan fingerprint density at radius 3 is 2.68 bits per heavy atom. The number of phenolic OH excluding ortho intramolecular Hbond substituents is 1. The summed E-state index contributed by atoms with van der Waals surface area (Å²) in [6.45, 7) is 1.04. The number of aromatic hydroxyl groups is 1. The summed E-state index contributed by atoms with van der Waals surface area (Å²) in [7, 11) is 0. The van der Waals surface area contributed by atoms with Gasteiger partial charge in [-0.25, -0.2) is 4.39 Å². The Bertz CT molecular complexity index is 471. The Labute approximate surface area is 111 Å². The second kappa shape index (κ2) is 5.57. The summed E-state index contributed by atoms with van der Waals surface area (Å²) in [6.07, 6.45) is 4.29. The molecule has 1 aliphatic carbocycles. The first-order chi connectivity index (χ1) is 9.06. The van der Waals surface area contributed by atoms with Crippen LogP contribution in [0.2, 0.25) is 0 Å². The van der Waals surface area contributed by atoms with Crippen molar-refractivity contribution < 1.29 is 14.3 Å². The van der Waals surface area contributed by atoms with Crippen LogP contribution >= 0.6 is 0 Å². The van der Waals surface area contributed by atoms with E-state index in [9.17, 15) is 14.3 Å². The number of nitrogens with two attached hydrogens (primary N) is 1. The first-order valence-electron chi connectivity index (χ1n) is 6.53. The summed E-state index contributed by atoms with van der Waals surface area (Å²) in [5.74, 6) is -1.30. The number of carbonyl (C=O) groups is 1. The maximum Gasteiger partial charge on any atom is 0.255 e. The van der Waals surface area contributed by atoms with E-state index in [1.165, 1.54) is 6.07 Å². The van der Waals surface area contributed by atoms with E-state index < -0.39 is 11.7 Å². The van der Waals surface area contributed by atoms with Crippen LogP contribution in [0, 0.1) is 11.2 Å². The molecular formula is C14H19FN2O2. The van der Waals surface area contributed by atoms with Crippen molar-refractivity contribution in [3.8, 4) is 5.75 Å². The van der Waals surface area contributed by atoms with Crippen LogP contribution in [-0.4, -0.2) is 24.1 Å². The number of nitrogens with one attached hydrogen (secondary N) is 1. The highest BCUT2D eigenvalue weighted by atomic mass is 19.1. The standard InChI is InChI=1S/C14H19FN2O2/c15-10-3-4-11(12(18)7-10)13(19)17-9-14(8-16)5-1-2-6-14/h3-4,7,18H,1-2,5-6,8-9,16H2,(H,17,19). The van der Waals surface area contributed by atoms with Gasteiger partial charge in [0.15, 0.2) is 0 Å². The molecule has 1 fully saturated rings. The zero-order valence-electron chi connectivity index (χ0n) is 10.8. The van der Waals surface area contributed by atoms with Gasteiger partial charge in [0.1, 0.15) is 11.6 Å². The molecule has 4 nitrogen and oxygen atoms in total. The number of halogens is 1. The predicted octanol–water partition coefficient (Wildman–Crippen LogP) is 1.78. The van der Waals surface area contributed by atoms with E-state index in [0.717, 1.165) is 37.8 Å². The van der Waals surface area contributed by atoms with Crippen LogP contribution in [0.3, 0.4) is 0 Å². The molecule has 1 saturated carbocycles. The number of rotatable bonds is 4. The molecule has 19 heavy (non-hydrogen) atoms. The number of amides is 1. The van der Waals surface area contributed by atoms with Crippen molar-refractivity contribution in [2.45, 2.75) is 25.7 Å². The van der Waals surface area contributed by atoms with Crippen molar-refractivity contribution in [2.24, 2.45) is 11.1 Å². The average molecular weight is 266 g/mol. The van der Waals surface area contributed by atoms with E-state index >= 15 is 0 Å². The maximum atomic E-state index is 12.8. The van der Waals surface area contributed by atoms with Gasteiger partial charge in [0.2, 0.25) is 0 Å². The van der Waals surface area contributed by atoms with Gasteiger partial charge in [-0.15, -0.1) is 0 Å². The predicted molar refractivity (Wildman–Crippen MR) is 70.4 cm³/mol. The number of hydrogen-bond donors (Lipinski definition) is 3. The van der Waals surface area contributed by atoms with E-state index in [1.54, 1.807) is 0 Å². The van der Waals surface area contributed by atoms with E-state index in [4.69, 9.17) is 5.73 Å². The molecule has 1 aromatic carbocycles. The summed E-state index contributed by atoms with van der Waals surface area (Å²) in [6, 6.07) is 3.37. The molecule has 0 heterocycles. The summed E-state index contributed by atoms with van der Waals surface area (Å²) >= 11 is 0. The molecule has 2 rings (SSSR count). The van der Waals surface area contributed by atoms with Crippen molar-refractivity contribution in [2.75, 3.05) is 13.1 Å². The summed E-state index contributed by atoms with van der Waals surface area (Å²) in [5, 5.41) is 12.3. The van der Waals surface area contributed by atoms with Gasteiger partial charge >= 0.3 is 0 Å². The van der Waals surface area contributed by atoms with Gasteiger partial charge in [-0.1, -0.05) is 12.8 Å². The fourth-order valence-electron chi connectivity index (χ4n) is 2.64. The minimum absolute atomic E-state index is 0.0225. The molecule has 0 bridgehead atoms. The molecule has 1 aliphatic rings. The summed E-state index contributed by atoms with van der Waals surface area (Å²) in [5.41, 5.74) is 5.86. The molecule has 0 atom stereocenters. The van der Waals surface area contributed by atoms with Gasteiger partial charge in [-0.2, -0.15) is 0 Å². The van der Waals surface area contributed by atoms with Gasteiger partial charge in [0.05, 0.1) is 5.56 Å². The quantitative estimate of drug-likeness (QED) is 0.777. The zero-order chi connectivity index (χ0) is 13.9. The molecule has 0 saturated heterocycles. The van der Waals surface area contributed by atoms with Gasteiger partial charge in [0.25, 0.3) is 5.91 Å². The highest BCUT2D eigenvalue weighted by Gasteiger charge is 2.32. The molecule has 0 radical (unpaired) electrons. The van der Waals surface area contributed by atoms with Crippen LogP contribution < -0.4 is 11.1 Å². The largest absolute Gasteiger partial charge is 0.507 e. The second-order valence-corrected chi connectivity index (χ2v) is 5.26. The zero-order valence-corrected chi connectivity index (χ0v) is 10.8. The molecule has 0 aliphatic heterocycles. The lowest BCUT2D eigenvalue weighted by atomic mass is 9.86. The van der Waals surface area contributed by atoms with E-state index in [1.807, 2.05) is 0 Å². The van der Waals surface area contributed by atoms with Crippen LogP contribution in [0.5, 0.6) is 5.75 Å². The lowest BCUT2D eigenvalue weighted by Crippen LogP contribution is -2.40. The minimum atomic E-state index is -0.566. The number of hydrogen-bond acceptors (Lipinski definition) is 3. The SMILES string of the molecule is NCC1(CNC(=O)c2ccc(F)cc2O)CCCC1. The van der Waals surface area contributed by atoms with E-state index in [2.05, 4.69) is 5.32 Å². The van der Waals surface area contributed by atoms with Crippen LogP contribution in [0.25, 0.3) is 0 Å². The van der Waals surface area contributed by atoms with E-state index in [0.29, 0.717) is 13.1 Å². The van der Waals surface area contributed by atoms with E-state index in [-0.39, 0.29) is 16.7 Å². The highest BCUT2D eigenvalue weighted by Crippen LogP contribution is 2.36. The summed E-state index contributed by atoms with van der Waals surface area (Å²) in [4.78, 5) is 12.0. The molecule has 1 amide bonds. The van der Waals surface area contributed by atoms with Crippen molar-refractivity contribution in [3.05, 3.63) is 29.6 Å². The maximum absolute atomic E-state index is 12.8. The monoisotopic (exact) mass is 266 g/mol. The highest BCUT2D eigenvalue weighted by molar-refractivity contribution is 5.96. The number of phenols is 1. The number of carbonyl (C=O) groups excluding carboxylic acids is 1. The third-order valence-corrected chi connectivity index (χ3v) is 3.93. The van der Waals surface area contributed by atoms with Crippen molar-refractivity contribution in [1.82, 2.24) is 5.32 Å². The van der Waals surface area contributed by atoms with Crippen LogP contribution in [0.4, 0.5) is 4.39 Å². The van der Waals surface area contributed by atoms with Crippen molar-refractivity contribution in [1.29, 1.82) is 0 Å². The Morgan fingerprint density at radius 2 is 2.11 bits per heavy atom. The van der Waals surface area contributed by atoms with Crippen LogP contribution in [0.15, 0.2) is 18.2 Å². The van der Waals surface area contributed by atoms with Gasteiger partial charge in [0, 0.05) is 12.6 Å². The Hall–Kier alpha value is -1.62. The van der Waals surface area contributed by atoms with Crippen LogP contribution in [0.1, 0.15) is 36.0 Å². The number of benzene rings is 1. The Balaban J connectivity index is 2.01. The molecule has 1 aromatic rings. The van der Waals surface area contributed by atoms with Gasteiger partial charge < -0.3 is 16.2 Å². The lowest BCUT2D eigenvalue weighted by Gasteiger charge is -2.27. The summed E-state index contributed by atoms with van der Waals surface area (Å²) < 4.78 is 12.8. The third kappa shape index (κ3) is 3.04. The molecule has 0 spiro atoms. The first kappa shape index (κ1) is 13.8. The average Bonchev–Trinajstić information content (AvgIpc) is 2.85. The van der Waals surface area contributed by atoms with Gasteiger partial charge in [-0.05, 0) is 36.9 Å². The Kier molecular flexibility index (Phi) is 4.04. The molecule has 104 valence electrons. The smallest absolute Gasteiger partial charge is 0.255 e. The second-order valence-electron chi connectivity index (χ2n) is 5.26. The molecule has 5 heteroatoms. The first-order valence-corrected chi connectivity index (χ1v) is 6.53. The third-order valence-electron chi connectivity index (χ3n) is 3.93. The van der Waals surface area contributed by atoms with Crippen molar-refractivity contribution >= 4 is 5.91 Å². The van der Waals surface area contributed by atoms with Gasteiger partial charge in [-0.3, -0.25) is 4.79 Å². The molecule has 0 unspecified atom stereocenters. The van der Waals surface area contributed by atoms with Crippen LogP contribution in [-0.2, 0) is 0 Å². The Morgan fingerprint density at radius 1 is 1.42 bits per heavy atom. The van der Waals surface area contributed by atoms with Crippen molar-refractivity contribution in [3.63, 3.8) is 0 Å².